The molecule has 5 rings (SSSR count). The molecule has 39 heavy (non-hydrogen) atoms. The Hall–Kier alpha value is -4.31. The summed E-state index contributed by atoms with van der Waals surface area (Å²) in [7, 11) is -0.283. The SMILES string of the molecule is COc1cc(C#CC2CC(F)(F)C2)cc(OC)c1S(=O)(=O)Nc1noc2cc(Cn3cccn3)cc(OC)c12. The number of methoxy groups -OCH3 is 3. The number of anilines is 1. The average molecular weight is 559 g/mol. The third kappa shape index (κ3) is 5.33. The van der Waals surface area contributed by atoms with Gasteiger partial charge in [0.15, 0.2) is 16.3 Å². The van der Waals surface area contributed by atoms with Gasteiger partial charge in [0.05, 0.1) is 27.9 Å². The van der Waals surface area contributed by atoms with E-state index in [1.807, 2.05) is 0 Å². The molecule has 1 aliphatic rings. The average Bonchev–Trinajstić information content (AvgIpc) is 3.54. The summed E-state index contributed by atoms with van der Waals surface area (Å²) >= 11 is 0. The summed E-state index contributed by atoms with van der Waals surface area (Å²) in [6.45, 7) is 0.438. The van der Waals surface area contributed by atoms with Gasteiger partial charge in [-0.2, -0.15) is 5.10 Å². The van der Waals surface area contributed by atoms with E-state index in [1.165, 1.54) is 33.5 Å². The van der Waals surface area contributed by atoms with E-state index in [4.69, 9.17) is 18.7 Å². The highest BCUT2D eigenvalue weighted by molar-refractivity contribution is 7.93. The Balaban J connectivity index is 1.47. The maximum Gasteiger partial charge on any atom is 0.270 e. The fourth-order valence-electron chi connectivity index (χ4n) is 4.34. The molecule has 10 nitrogen and oxygen atoms in total. The molecule has 2 aromatic carbocycles. The van der Waals surface area contributed by atoms with Crippen LogP contribution < -0.4 is 18.9 Å². The van der Waals surface area contributed by atoms with Crippen LogP contribution in [0.2, 0.25) is 0 Å². The maximum absolute atomic E-state index is 13.6. The molecule has 0 saturated heterocycles. The van der Waals surface area contributed by atoms with Crippen LogP contribution >= 0.6 is 0 Å². The molecule has 0 unspecified atom stereocenters. The van der Waals surface area contributed by atoms with Crippen molar-refractivity contribution in [3.05, 3.63) is 53.9 Å². The zero-order chi connectivity index (χ0) is 27.8. The van der Waals surface area contributed by atoms with Gasteiger partial charge in [0, 0.05) is 36.7 Å². The van der Waals surface area contributed by atoms with Gasteiger partial charge in [0.2, 0.25) is 0 Å². The molecule has 204 valence electrons. The normalized spacial score (nSPS) is 14.8. The summed E-state index contributed by atoms with van der Waals surface area (Å²) in [5.41, 5.74) is 1.47. The van der Waals surface area contributed by atoms with Crippen LogP contribution in [0, 0.1) is 17.8 Å². The third-order valence-corrected chi connectivity index (χ3v) is 7.59. The highest BCUT2D eigenvalue weighted by Crippen LogP contribution is 2.42. The first-order chi connectivity index (χ1) is 18.6. The molecule has 0 bridgehead atoms. The molecule has 1 saturated carbocycles. The van der Waals surface area contributed by atoms with Gasteiger partial charge in [0.1, 0.15) is 22.6 Å². The summed E-state index contributed by atoms with van der Waals surface area (Å²) in [6.07, 6.45) is 2.86. The molecular weight excluding hydrogens is 534 g/mol. The standard InChI is InChI=1S/C26H24F2N4O6S/c1-35-19-11-18(15-32-8-4-7-29-32)12-20-23(19)25(30-38-20)31-39(33,34)24-21(36-2)9-16(10-22(24)37-3)5-6-17-13-26(27,28)14-17/h4,7-12,17H,13-15H2,1-3H3,(H,30,31). The number of sulfonamides is 1. The number of fused-ring (bicyclic) bond motifs is 1. The fourth-order valence-corrected chi connectivity index (χ4v) is 5.65. The zero-order valence-corrected chi connectivity index (χ0v) is 22.0. The quantitative estimate of drug-likeness (QED) is 0.318. The van der Waals surface area contributed by atoms with Crippen molar-refractivity contribution in [2.45, 2.75) is 30.2 Å². The summed E-state index contributed by atoms with van der Waals surface area (Å²) in [4.78, 5) is -0.293. The number of benzene rings is 2. The maximum atomic E-state index is 13.6. The van der Waals surface area contributed by atoms with E-state index < -0.39 is 21.9 Å². The Morgan fingerprint density at radius 2 is 1.79 bits per heavy atom. The molecule has 0 atom stereocenters. The van der Waals surface area contributed by atoms with Crippen molar-refractivity contribution >= 4 is 26.8 Å². The van der Waals surface area contributed by atoms with Gasteiger partial charge in [-0.1, -0.05) is 17.0 Å². The van der Waals surface area contributed by atoms with Crippen molar-refractivity contribution in [1.29, 1.82) is 0 Å². The predicted molar refractivity (Wildman–Crippen MR) is 137 cm³/mol. The minimum Gasteiger partial charge on any atom is -0.496 e. The highest BCUT2D eigenvalue weighted by atomic mass is 32.2. The Labute approximate surface area is 222 Å². The second-order valence-electron chi connectivity index (χ2n) is 8.95. The van der Waals surface area contributed by atoms with E-state index in [-0.39, 0.29) is 35.1 Å². The molecule has 2 aromatic heterocycles. The van der Waals surface area contributed by atoms with Gasteiger partial charge in [-0.15, -0.1) is 0 Å². The van der Waals surface area contributed by atoms with Crippen molar-refractivity contribution in [1.82, 2.24) is 14.9 Å². The zero-order valence-electron chi connectivity index (χ0n) is 21.2. The Morgan fingerprint density at radius 1 is 1.10 bits per heavy atom. The number of ether oxygens (including phenoxy) is 3. The van der Waals surface area contributed by atoms with Crippen LogP contribution in [0.1, 0.15) is 24.0 Å². The van der Waals surface area contributed by atoms with Gasteiger partial charge in [0.25, 0.3) is 15.9 Å². The molecule has 0 amide bonds. The molecular formula is C26H24F2N4O6S. The number of aromatic nitrogens is 3. The van der Waals surface area contributed by atoms with Crippen LogP contribution in [-0.2, 0) is 16.6 Å². The number of halogens is 2. The lowest BCUT2D eigenvalue weighted by Crippen LogP contribution is -2.34. The van der Waals surface area contributed by atoms with Crippen LogP contribution in [0.25, 0.3) is 11.0 Å². The first-order valence-electron chi connectivity index (χ1n) is 11.7. The number of nitrogens with one attached hydrogen (secondary N) is 1. The lowest BCUT2D eigenvalue weighted by molar-refractivity contribution is -0.0936. The number of hydrogen-bond acceptors (Lipinski definition) is 8. The second kappa shape index (κ2) is 10.1. The molecule has 2 heterocycles. The van der Waals surface area contributed by atoms with E-state index in [1.54, 1.807) is 35.3 Å². The van der Waals surface area contributed by atoms with Gasteiger partial charge in [-0.25, -0.2) is 17.2 Å². The molecule has 0 aliphatic heterocycles. The molecule has 4 aromatic rings. The van der Waals surface area contributed by atoms with Crippen LogP contribution in [0.3, 0.4) is 0 Å². The van der Waals surface area contributed by atoms with E-state index in [0.29, 0.717) is 28.8 Å². The topological polar surface area (TPSA) is 118 Å². The first-order valence-corrected chi connectivity index (χ1v) is 13.2. The Bertz CT molecular complexity index is 1660. The second-order valence-corrected chi connectivity index (χ2v) is 10.6. The van der Waals surface area contributed by atoms with Crippen molar-refractivity contribution in [2.75, 3.05) is 26.1 Å². The Kier molecular flexibility index (Phi) is 6.82. The molecule has 0 spiro atoms. The first kappa shape index (κ1) is 26.3. The number of hydrogen-bond donors (Lipinski definition) is 1. The van der Waals surface area contributed by atoms with Gasteiger partial charge in [-0.3, -0.25) is 9.40 Å². The van der Waals surface area contributed by atoms with Crippen LogP contribution in [0.4, 0.5) is 14.6 Å². The molecule has 0 radical (unpaired) electrons. The molecule has 13 heteroatoms. The smallest absolute Gasteiger partial charge is 0.270 e. The van der Waals surface area contributed by atoms with Gasteiger partial charge >= 0.3 is 0 Å². The van der Waals surface area contributed by atoms with E-state index >= 15 is 0 Å². The lowest BCUT2D eigenvalue weighted by atomic mass is 9.82. The van der Waals surface area contributed by atoms with Crippen molar-refractivity contribution in [3.8, 4) is 29.1 Å². The summed E-state index contributed by atoms with van der Waals surface area (Å²) in [5, 5.41) is 8.43. The largest absolute Gasteiger partial charge is 0.496 e. The third-order valence-electron chi connectivity index (χ3n) is 6.19. The minimum atomic E-state index is -4.33. The Morgan fingerprint density at radius 3 is 2.38 bits per heavy atom. The number of rotatable bonds is 8. The molecule has 1 fully saturated rings. The summed E-state index contributed by atoms with van der Waals surface area (Å²) in [5.74, 6) is 2.64. The van der Waals surface area contributed by atoms with Gasteiger partial charge in [-0.05, 0) is 35.9 Å². The van der Waals surface area contributed by atoms with Crippen molar-refractivity contribution in [3.63, 3.8) is 0 Å². The predicted octanol–water partition coefficient (Wildman–Crippen LogP) is 4.30. The van der Waals surface area contributed by atoms with Crippen LogP contribution in [0.15, 0.2) is 52.1 Å². The number of nitrogens with zero attached hydrogens (tertiary/aromatic N) is 3. The van der Waals surface area contributed by atoms with Crippen molar-refractivity contribution < 1.29 is 35.9 Å². The highest BCUT2D eigenvalue weighted by Gasteiger charge is 2.44. The summed E-state index contributed by atoms with van der Waals surface area (Å²) < 4.78 is 79.2. The molecule has 1 aliphatic carbocycles. The van der Waals surface area contributed by atoms with Crippen molar-refractivity contribution in [2.24, 2.45) is 5.92 Å². The lowest BCUT2D eigenvalue weighted by Gasteiger charge is -2.31. The van der Waals surface area contributed by atoms with Gasteiger partial charge < -0.3 is 18.7 Å². The minimum absolute atomic E-state index is 0.0497. The van der Waals surface area contributed by atoms with Crippen LogP contribution in [0.5, 0.6) is 17.2 Å². The monoisotopic (exact) mass is 558 g/mol. The number of alkyl halides is 2. The summed E-state index contributed by atoms with van der Waals surface area (Å²) in [6, 6.07) is 8.07. The van der Waals surface area contributed by atoms with E-state index in [0.717, 1.165) is 5.56 Å². The fraction of sp³-hybridized carbons (Fsp3) is 0.308. The molecule has 1 N–H and O–H groups in total. The van der Waals surface area contributed by atoms with E-state index in [9.17, 15) is 17.2 Å². The van der Waals surface area contributed by atoms with E-state index in [2.05, 4.69) is 26.8 Å². The van der Waals surface area contributed by atoms with Crippen LogP contribution in [-0.4, -0.2) is 50.6 Å².